The maximum atomic E-state index is 6.12. The van der Waals surface area contributed by atoms with Crippen molar-refractivity contribution < 1.29 is 21.2 Å². The SMILES string of the molecule is CCN=C(N)C(N)c1ncc(Br)cc1C1C[I-]1. The van der Waals surface area contributed by atoms with Crippen LogP contribution >= 0.6 is 15.9 Å². The molecule has 6 heteroatoms. The van der Waals surface area contributed by atoms with Gasteiger partial charge in [0.1, 0.15) is 0 Å². The molecule has 4 nitrogen and oxygen atoms in total. The molecule has 2 heterocycles. The van der Waals surface area contributed by atoms with Crippen molar-refractivity contribution in [3.63, 3.8) is 0 Å². The number of halogens is 2. The first-order valence-electron chi connectivity index (χ1n) is 5.42. The fourth-order valence-corrected chi connectivity index (χ4v) is 3.66. The van der Waals surface area contributed by atoms with Crippen LogP contribution in [0.5, 0.6) is 0 Å². The van der Waals surface area contributed by atoms with Crippen molar-refractivity contribution in [2.75, 3.05) is 11.0 Å². The van der Waals surface area contributed by atoms with Gasteiger partial charge in [0.25, 0.3) is 0 Å². The second kappa shape index (κ2) is 5.62. The standard InChI is InChI=1S/C11H15BrIN4/c1-2-16-11(15)9(14)10-7(8-4-13-8)3-6(12)5-17-10/h3,5,8-9H,2,4,14H2,1H3,(H2,15,16)/q-1. The van der Waals surface area contributed by atoms with Crippen molar-refractivity contribution in [2.24, 2.45) is 16.5 Å². The first-order valence-corrected chi connectivity index (χ1v) is 8.98. The first-order chi connectivity index (χ1) is 8.13. The Morgan fingerprint density at radius 2 is 2.47 bits per heavy atom. The summed E-state index contributed by atoms with van der Waals surface area (Å²) in [5.41, 5.74) is 14.1. The van der Waals surface area contributed by atoms with Crippen LogP contribution in [0.4, 0.5) is 0 Å². The predicted molar refractivity (Wildman–Crippen MR) is 68.6 cm³/mol. The molecular weight excluding hydrogens is 395 g/mol. The topological polar surface area (TPSA) is 77.3 Å². The van der Waals surface area contributed by atoms with Crippen molar-refractivity contribution in [3.8, 4) is 0 Å². The molecule has 2 atom stereocenters. The Kier molecular flexibility index (Phi) is 4.37. The van der Waals surface area contributed by atoms with Gasteiger partial charge in [-0.3, -0.25) is 0 Å². The van der Waals surface area contributed by atoms with Crippen LogP contribution < -0.4 is 32.7 Å². The summed E-state index contributed by atoms with van der Waals surface area (Å²) in [6.07, 6.45) is 1.78. The zero-order valence-corrected chi connectivity index (χ0v) is 13.3. The van der Waals surface area contributed by atoms with Crippen LogP contribution in [0.25, 0.3) is 0 Å². The van der Waals surface area contributed by atoms with Crippen LogP contribution in [0.2, 0.25) is 0 Å². The maximum absolute atomic E-state index is 6.12. The van der Waals surface area contributed by atoms with E-state index in [1.54, 1.807) is 6.20 Å². The molecule has 17 heavy (non-hydrogen) atoms. The molecule has 0 bridgehead atoms. The van der Waals surface area contributed by atoms with Gasteiger partial charge in [-0.2, -0.15) is 0 Å². The number of aliphatic imine (C=N–C) groups is 1. The van der Waals surface area contributed by atoms with Crippen molar-refractivity contribution >= 4 is 21.8 Å². The third kappa shape index (κ3) is 3.17. The third-order valence-electron chi connectivity index (χ3n) is 2.52. The molecule has 1 aliphatic heterocycles. The summed E-state index contributed by atoms with van der Waals surface area (Å²) >= 11 is 3.77. The van der Waals surface area contributed by atoms with E-state index in [0.29, 0.717) is 37.5 Å². The minimum atomic E-state index is -0.373. The Bertz CT molecular complexity index is 445. The van der Waals surface area contributed by atoms with Gasteiger partial charge in [0.05, 0.1) is 0 Å². The third-order valence-corrected chi connectivity index (χ3v) is 5.38. The molecule has 0 saturated carbocycles. The first kappa shape index (κ1) is 13.2. The van der Waals surface area contributed by atoms with E-state index in [1.165, 1.54) is 9.99 Å². The minimum absolute atomic E-state index is 0.315. The van der Waals surface area contributed by atoms with Gasteiger partial charge in [0, 0.05) is 0 Å². The number of rotatable bonds is 4. The second-order valence-electron chi connectivity index (χ2n) is 3.78. The van der Waals surface area contributed by atoms with E-state index in [9.17, 15) is 0 Å². The summed E-state index contributed by atoms with van der Waals surface area (Å²) in [6, 6.07) is 1.75. The van der Waals surface area contributed by atoms with Crippen LogP contribution in [-0.2, 0) is 0 Å². The van der Waals surface area contributed by atoms with Gasteiger partial charge in [0.2, 0.25) is 0 Å². The second-order valence-corrected chi connectivity index (χ2v) is 7.96. The summed E-state index contributed by atoms with van der Waals surface area (Å²) in [5, 5.41) is 0. The number of pyridine rings is 1. The monoisotopic (exact) mass is 409 g/mol. The molecule has 94 valence electrons. The number of nitrogens with zero attached hydrogens (tertiary/aromatic N) is 2. The number of aromatic nitrogens is 1. The average molecular weight is 410 g/mol. The van der Waals surface area contributed by atoms with E-state index in [0.717, 1.165) is 10.2 Å². The zero-order valence-electron chi connectivity index (χ0n) is 9.53. The molecule has 0 aromatic carbocycles. The summed E-state index contributed by atoms with van der Waals surface area (Å²) < 4.78 is 3.03. The van der Waals surface area contributed by atoms with Crippen LogP contribution in [0.3, 0.4) is 0 Å². The Morgan fingerprint density at radius 3 is 3.06 bits per heavy atom. The van der Waals surface area contributed by atoms with Crippen LogP contribution in [0.15, 0.2) is 21.7 Å². The number of alkyl halides is 2. The van der Waals surface area contributed by atoms with Crippen molar-refractivity contribution in [2.45, 2.75) is 16.9 Å². The van der Waals surface area contributed by atoms with Crippen molar-refractivity contribution in [1.82, 2.24) is 4.98 Å². The quantitative estimate of drug-likeness (QED) is 0.271. The van der Waals surface area contributed by atoms with Crippen molar-refractivity contribution in [1.29, 1.82) is 0 Å². The van der Waals surface area contributed by atoms with Gasteiger partial charge in [-0.05, 0) is 0 Å². The number of nitrogens with two attached hydrogens (primary N) is 2. The number of amidine groups is 1. The van der Waals surface area contributed by atoms with E-state index in [2.05, 4.69) is 32.0 Å². The average Bonchev–Trinajstić information content (AvgIpc) is 3.12. The fourth-order valence-electron chi connectivity index (χ4n) is 1.61. The zero-order chi connectivity index (χ0) is 12.4. The summed E-state index contributed by atoms with van der Waals surface area (Å²) in [4.78, 5) is 8.60. The molecule has 1 fully saturated rings. The molecule has 0 aliphatic carbocycles. The molecular formula is C11H15BrIN4-. The Balaban J connectivity index is 2.34. The summed E-state index contributed by atoms with van der Waals surface area (Å²) in [5.74, 6) is 0.474. The molecule has 0 amide bonds. The molecule has 4 N–H and O–H groups in total. The van der Waals surface area contributed by atoms with E-state index in [4.69, 9.17) is 11.5 Å². The molecule has 2 rings (SSSR count). The summed E-state index contributed by atoms with van der Waals surface area (Å²) in [7, 11) is 0. The molecule has 0 spiro atoms. The number of hydrogen-bond acceptors (Lipinski definition) is 3. The van der Waals surface area contributed by atoms with E-state index >= 15 is 0 Å². The predicted octanol–water partition coefficient (Wildman–Crippen LogP) is -1.64. The Labute approximate surface area is 120 Å². The molecule has 0 radical (unpaired) electrons. The molecule has 1 aliphatic rings. The number of hydrogen-bond donors (Lipinski definition) is 2. The van der Waals surface area contributed by atoms with Gasteiger partial charge < -0.3 is 0 Å². The Hall–Kier alpha value is -0.210. The van der Waals surface area contributed by atoms with Crippen LogP contribution in [0.1, 0.15) is 28.1 Å². The van der Waals surface area contributed by atoms with E-state index in [1.807, 2.05) is 6.92 Å². The van der Waals surface area contributed by atoms with Gasteiger partial charge in [-0.15, -0.1) is 0 Å². The fraction of sp³-hybridized carbons (Fsp3) is 0.455. The van der Waals surface area contributed by atoms with Crippen LogP contribution in [-0.4, -0.2) is 21.8 Å². The van der Waals surface area contributed by atoms with E-state index < -0.39 is 0 Å². The molecule has 1 aromatic rings. The molecule has 1 saturated heterocycles. The molecule has 2 unspecified atom stereocenters. The van der Waals surface area contributed by atoms with Crippen LogP contribution in [0, 0.1) is 0 Å². The Morgan fingerprint density at radius 1 is 1.76 bits per heavy atom. The van der Waals surface area contributed by atoms with E-state index in [-0.39, 0.29) is 6.04 Å². The normalized spacial score (nSPS) is 21.8. The summed E-state index contributed by atoms with van der Waals surface area (Å²) in [6.45, 7) is 2.60. The van der Waals surface area contributed by atoms with Gasteiger partial charge in [-0.25, -0.2) is 0 Å². The van der Waals surface area contributed by atoms with Gasteiger partial charge in [-0.1, -0.05) is 0 Å². The molecule has 1 aromatic heterocycles. The van der Waals surface area contributed by atoms with Gasteiger partial charge >= 0.3 is 120 Å². The van der Waals surface area contributed by atoms with Crippen molar-refractivity contribution in [3.05, 3.63) is 28.0 Å². The van der Waals surface area contributed by atoms with Gasteiger partial charge in [0.15, 0.2) is 0 Å².